The normalized spacial score (nSPS) is 16.6. The number of fused-ring (bicyclic) bond motifs is 1. The fourth-order valence-electron chi connectivity index (χ4n) is 3.76. The van der Waals surface area contributed by atoms with Crippen molar-refractivity contribution in [3.05, 3.63) is 42.7 Å². The van der Waals surface area contributed by atoms with Crippen LogP contribution in [0.1, 0.15) is 12.8 Å². The summed E-state index contributed by atoms with van der Waals surface area (Å²) >= 11 is 0. The first-order valence-electron chi connectivity index (χ1n) is 9.73. The van der Waals surface area contributed by atoms with Crippen molar-refractivity contribution in [3.63, 3.8) is 0 Å². The van der Waals surface area contributed by atoms with Gasteiger partial charge in [0.15, 0.2) is 11.5 Å². The van der Waals surface area contributed by atoms with Crippen molar-refractivity contribution in [1.29, 1.82) is 0 Å². The molecule has 1 unspecified atom stereocenters. The van der Waals surface area contributed by atoms with E-state index in [-0.39, 0.29) is 18.5 Å². The molecule has 3 heterocycles. The second kappa shape index (κ2) is 8.53. The molecule has 1 aliphatic heterocycles. The van der Waals surface area contributed by atoms with Crippen LogP contribution in [0.4, 0.5) is 0 Å². The van der Waals surface area contributed by atoms with Crippen LogP contribution < -0.4 is 14.8 Å². The highest BCUT2D eigenvalue weighted by molar-refractivity contribution is 5.93. The fourth-order valence-corrected chi connectivity index (χ4v) is 3.76. The van der Waals surface area contributed by atoms with Crippen molar-refractivity contribution in [1.82, 2.24) is 14.9 Å². The molecule has 7 nitrogen and oxygen atoms in total. The van der Waals surface area contributed by atoms with Gasteiger partial charge >= 0.3 is 0 Å². The molecule has 29 heavy (non-hydrogen) atoms. The van der Waals surface area contributed by atoms with Crippen LogP contribution in [0.2, 0.25) is 0 Å². The molecule has 1 N–H and O–H groups in total. The van der Waals surface area contributed by atoms with Gasteiger partial charge in [-0.25, -0.2) is 0 Å². The summed E-state index contributed by atoms with van der Waals surface area (Å²) in [5.41, 5.74) is 2.60. The summed E-state index contributed by atoms with van der Waals surface area (Å²) in [4.78, 5) is 17.2. The Labute approximate surface area is 169 Å². The Kier molecular flexibility index (Phi) is 5.67. The van der Waals surface area contributed by atoms with Crippen LogP contribution in [-0.2, 0) is 16.1 Å². The van der Waals surface area contributed by atoms with E-state index in [0.717, 1.165) is 41.6 Å². The smallest absolute Gasteiger partial charge is 0.240 e. The van der Waals surface area contributed by atoms with E-state index in [2.05, 4.69) is 10.3 Å². The van der Waals surface area contributed by atoms with E-state index < -0.39 is 0 Å². The molecule has 2 aromatic heterocycles. The highest BCUT2D eigenvalue weighted by Gasteiger charge is 2.18. The standard InChI is InChI=1S/C22H25N3O4/c1-27-18-6-5-16(12-19(18)28-2)21-22-15(7-9-23-21)8-10-25(22)13-20(26)24-17-4-3-11-29-14-17/h5-10,12,17H,3-4,11,13-14H2,1-2H3,(H,24,26). The number of benzene rings is 1. The van der Waals surface area contributed by atoms with Crippen molar-refractivity contribution in [2.24, 2.45) is 0 Å². The summed E-state index contributed by atoms with van der Waals surface area (Å²) in [5.74, 6) is 1.27. The van der Waals surface area contributed by atoms with Gasteiger partial charge in [0.25, 0.3) is 0 Å². The molecule has 0 saturated carbocycles. The number of nitrogens with zero attached hydrogens (tertiary/aromatic N) is 2. The molecule has 1 fully saturated rings. The number of aromatic nitrogens is 2. The van der Waals surface area contributed by atoms with Crippen molar-refractivity contribution in [2.75, 3.05) is 27.4 Å². The lowest BCUT2D eigenvalue weighted by molar-refractivity contribution is -0.123. The zero-order valence-corrected chi connectivity index (χ0v) is 16.7. The molecular weight excluding hydrogens is 370 g/mol. The van der Waals surface area contributed by atoms with E-state index in [1.54, 1.807) is 20.4 Å². The van der Waals surface area contributed by atoms with Gasteiger partial charge in [-0.3, -0.25) is 9.78 Å². The number of hydrogen-bond acceptors (Lipinski definition) is 5. The molecule has 7 heteroatoms. The highest BCUT2D eigenvalue weighted by atomic mass is 16.5. The van der Waals surface area contributed by atoms with Gasteiger partial charge in [-0.1, -0.05) is 0 Å². The van der Waals surface area contributed by atoms with Crippen LogP contribution in [0.5, 0.6) is 11.5 Å². The summed E-state index contributed by atoms with van der Waals surface area (Å²) in [6.07, 6.45) is 5.63. The van der Waals surface area contributed by atoms with E-state index >= 15 is 0 Å². The topological polar surface area (TPSA) is 74.6 Å². The lowest BCUT2D eigenvalue weighted by atomic mass is 10.1. The molecule has 1 aromatic carbocycles. The van der Waals surface area contributed by atoms with Gasteiger partial charge in [0, 0.05) is 30.0 Å². The van der Waals surface area contributed by atoms with Gasteiger partial charge in [0.2, 0.25) is 5.91 Å². The Hall–Kier alpha value is -3.06. The van der Waals surface area contributed by atoms with Crippen LogP contribution in [-0.4, -0.2) is 48.9 Å². The lowest BCUT2D eigenvalue weighted by Gasteiger charge is -2.23. The number of carbonyl (C=O) groups excluding carboxylic acids is 1. The monoisotopic (exact) mass is 395 g/mol. The van der Waals surface area contributed by atoms with Crippen molar-refractivity contribution < 1.29 is 19.0 Å². The molecule has 3 aromatic rings. The van der Waals surface area contributed by atoms with Crippen molar-refractivity contribution >= 4 is 16.8 Å². The predicted molar refractivity (Wildman–Crippen MR) is 110 cm³/mol. The molecular formula is C22H25N3O4. The van der Waals surface area contributed by atoms with Gasteiger partial charge < -0.3 is 24.1 Å². The maximum atomic E-state index is 12.6. The molecule has 1 aliphatic rings. The van der Waals surface area contributed by atoms with E-state index in [1.165, 1.54) is 0 Å². The third kappa shape index (κ3) is 4.05. The Morgan fingerprint density at radius 1 is 1.24 bits per heavy atom. The quantitative estimate of drug-likeness (QED) is 0.694. The van der Waals surface area contributed by atoms with Crippen molar-refractivity contribution in [3.8, 4) is 22.8 Å². The third-order valence-corrected chi connectivity index (χ3v) is 5.17. The number of pyridine rings is 1. The number of methoxy groups -OCH3 is 2. The molecule has 0 radical (unpaired) electrons. The fraction of sp³-hybridized carbons (Fsp3) is 0.364. The van der Waals surface area contributed by atoms with Gasteiger partial charge in [0.05, 0.1) is 38.1 Å². The van der Waals surface area contributed by atoms with Crippen LogP contribution in [0.3, 0.4) is 0 Å². The first-order valence-corrected chi connectivity index (χ1v) is 9.73. The van der Waals surface area contributed by atoms with Crippen LogP contribution >= 0.6 is 0 Å². The first kappa shape index (κ1) is 19.3. The molecule has 1 saturated heterocycles. The van der Waals surface area contributed by atoms with Gasteiger partial charge in [-0.2, -0.15) is 0 Å². The Morgan fingerprint density at radius 2 is 2.10 bits per heavy atom. The average molecular weight is 395 g/mol. The van der Waals surface area contributed by atoms with Crippen LogP contribution in [0, 0.1) is 0 Å². The van der Waals surface area contributed by atoms with Gasteiger partial charge in [-0.05, 0) is 43.2 Å². The Balaban J connectivity index is 1.64. The largest absolute Gasteiger partial charge is 0.493 e. The second-order valence-corrected chi connectivity index (χ2v) is 7.09. The first-order chi connectivity index (χ1) is 14.2. The summed E-state index contributed by atoms with van der Waals surface area (Å²) in [5, 5.41) is 4.10. The van der Waals surface area contributed by atoms with E-state index in [1.807, 2.05) is 41.1 Å². The minimum atomic E-state index is -0.0277. The number of amides is 1. The highest BCUT2D eigenvalue weighted by Crippen LogP contribution is 2.34. The van der Waals surface area contributed by atoms with E-state index in [9.17, 15) is 4.79 Å². The maximum Gasteiger partial charge on any atom is 0.240 e. The lowest BCUT2D eigenvalue weighted by Crippen LogP contribution is -2.42. The number of ether oxygens (including phenoxy) is 3. The average Bonchev–Trinajstić information content (AvgIpc) is 3.16. The van der Waals surface area contributed by atoms with Gasteiger partial charge in [-0.15, -0.1) is 0 Å². The molecule has 152 valence electrons. The Bertz CT molecular complexity index is 1010. The number of rotatable bonds is 6. The predicted octanol–water partition coefficient (Wildman–Crippen LogP) is 3.02. The number of hydrogen-bond donors (Lipinski definition) is 1. The Morgan fingerprint density at radius 3 is 2.86 bits per heavy atom. The molecule has 1 amide bonds. The van der Waals surface area contributed by atoms with Crippen molar-refractivity contribution in [2.45, 2.75) is 25.4 Å². The molecule has 0 bridgehead atoms. The van der Waals surface area contributed by atoms with Crippen LogP contribution in [0.15, 0.2) is 42.7 Å². The second-order valence-electron chi connectivity index (χ2n) is 7.09. The van der Waals surface area contributed by atoms with E-state index in [0.29, 0.717) is 18.1 Å². The summed E-state index contributed by atoms with van der Waals surface area (Å²) < 4.78 is 18.2. The van der Waals surface area contributed by atoms with E-state index in [4.69, 9.17) is 14.2 Å². The van der Waals surface area contributed by atoms with Crippen LogP contribution in [0.25, 0.3) is 22.2 Å². The van der Waals surface area contributed by atoms with Gasteiger partial charge in [0.1, 0.15) is 6.54 Å². The minimum absolute atomic E-state index is 0.0277. The summed E-state index contributed by atoms with van der Waals surface area (Å²) in [6.45, 7) is 1.58. The SMILES string of the molecule is COc1ccc(-c2nccc3ccn(CC(=O)NC4CCCOC4)c23)cc1OC. The molecule has 1 atom stereocenters. The summed E-state index contributed by atoms with van der Waals surface area (Å²) in [6, 6.07) is 9.73. The zero-order valence-electron chi connectivity index (χ0n) is 16.7. The molecule has 0 spiro atoms. The maximum absolute atomic E-state index is 12.6. The number of nitrogens with one attached hydrogen (secondary N) is 1. The zero-order chi connectivity index (χ0) is 20.2. The third-order valence-electron chi connectivity index (χ3n) is 5.17. The number of carbonyl (C=O) groups is 1. The molecule has 4 rings (SSSR count). The molecule has 0 aliphatic carbocycles. The minimum Gasteiger partial charge on any atom is -0.493 e. The summed E-state index contributed by atoms with van der Waals surface area (Å²) in [7, 11) is 3.22.